The number of methoxy groups -OCH3 is 1. The summed E-state index contributed by atoms with van der Waals surface area (Å²) in [5, 5.41) is 1.22. The molecule has 0 bridgehead atoms. The van der Waals surface area contributed by atoms with E-state index in [0.29, 0.717) is 32.0 Å². The van der Waals surface area contributed by atoms with Crippen molar-refractivity contribution in [2.24, 2.45) is 11.7 Å². The third kappa shape index (κ3) is 7.89. The van der Waals surface area contributed by atoms with Crippen molar-refractivity contribution < 1.29 is 14.3 Å². The summed E-state index contributed by atoms with van der Waals surface area (Å²) in [5.41, 5.74) is 10.9. The Bertz CT molecular complexity index is 1330. The summed E-state index contributed by atoms with van der Waals surface area (Å²) < 4.78 is 4.98. The average Bonchev–Trinajstić information content (AvgIpc) is 3.39. The number of hydrogen-bond acceptors (Lipinski definition) is 5. The minimum atomic E-state index is -0.345. The van der Waals surface area contributed by atoms with Crippen molar-refractivity contribution in [3.05, 3.63) is 78.1 Å². The van der Waals surface area contributed by atoms with Crippen LogP contribution in [-0.2, 0) is 22.4 Å². The number of para-hydroxylation sites is 2. The first-order valence-corrected chi connectivity index (χ1v) is 14.3. The van der Waals surface area contributed by atoms with Crippen LogP contribution in [0.4, 0.5) is 10.5 Å². The van der Waals surface area contributed by atoms with Gasteiger partial charge in [-0.1, -0.05) is 43.0 Å². The molecule has 2 aliphatic rings. The number of carbonyl (C=O) groups is 2. The lowest BCUT2D eigenvalue weighted by Crippen LogP contribution is -2.50. The van der Waals surface area contributed by atoms with Gasteiger partial charge in [-0.15, -0.1) is 0 Å². The van der Waals surface area contributed by atoms with Gasteiger partial charge in [0.25, 0.3) is 0 Å². The SMILES string of the molecule is C=C(COC)N1CCN(C(N)=O)CC1.CN(C)CC1Cc2ccccc2N(C(=O)CCc2c[nH]c3ccccc23)C1. The fourth-order valence-corrected chi connectivity index (χ4v) is 5.77. The normalized spacial score (nSPS) is 16.8. The number of benzene rings is 2. The van der Waals surface area contributed by atoms with E-state index in [1.165, 1.54) is 16.5 Å². The van der Waals surface area contributed by atoms with Gasteiger partial charge in [-0.25, -0.2) is 4.79 Å². The minimum Gasteiger partial charge on any atom is -0.379 e. The Morgan fingerprint density at radius 1 is 1.05 bits per heavy atom. The van der Waals surface area contributed by atoms with Crippen LogP contribution in [0.25, 0.3) is 10.9 Å². The molecule has 1 aromatic heterocycles. The number of nitrogens with one attached hydrogen (secondary N) is 1. The molecule has 2 aromatic carbocycles. The summed E-state index contributed by atoms with van der Waals surface area (Å²) in [7, 11) is 5.85. The van der Waals surface area contributed by atoms with Gasteiger partial charge in [-0.05, 0) is 56.1 Å². The molecule has 3 amide bonds. The highest BCUT2D eigenvalue weighted by molar-refractivity contribution is 5.95. The number of aryl methyl sites for hydroxylation is 1. The quantitative estimate of drug-likeness (QED) is 0.438. The van der Waals surface area contributed by atoms with E-state index >= 15 is 0 Å². The van der Waals surface area contributed by atoms with Crippen LogP contribution in [0.1, 0.15) is 17.5 Å². The number of amides is 3. The molecular weight excluding hydrogens is 516 g/mol. The Kier molecular flexibility index (Phi) is 10.4. The lowest BCUT2D eigenvalue weighted by atomic mass is 9.91. The van der Waals surface area contributed by atoms with Crippen LogP contribution in [0, 0.1) is 5.92 Å². The van der Waals surface area contributed by atoms with Crippen LogP contribution in [0.5, 0.6) is 0 Å². The fourth-order valence-electron chi connectivity index (χ4n) is 5.77. The van der Waals surface area contributed by atoms with E-state index < -0.39 is 0 Å². The van der Waals surface area contributed by atoms with Gasteiger partial charge < -0.3 is 35.1 Å². The Hall–Kier alpha value is -3.82. The highest BCUT2D eigenvalue weighted by atomic mass is 16.5. The largest absolute Gasteiger partial charge is 0.379 e. The van der Waals surface area contributed by atoms with E-state index in [-0.39, 0.29) is 11.9 Å². The number of hydrogen-bond donors (Lipinski definition) is 2. The average molecular weight is 561 g/mol. The number of nitrogens with two attached hydrogens (primary N) is 1. The molecule has 1 unspecified atom stereocenters. The van der Waals surface area contributed by atoms with Gasteiger partial charge in [0.2, 0.25) is 5.91 Å². The van der Waals surface area contributed by atoms with E-state index in [9.17, 15) is 9.59 Å². The number of piperazine rings is 1. The minimum absolute atomic E-state index is 0.219. The van der Waals surface area contributed by atoms with E-state index in [1.54, 1.807) is 12.0 Å². The first-order chi connectivity index (χ1) is 19.8. The molecule has 5 rings (SSSR count). The molecular formula is C32H44N6O3. The summed E-state index contributed by atoms with van der Waals surface area (Å²) in [6.45, 7) is 9.15. The van der Waals surface area contributed by atoms with Crippen molar-refractivity contribution in [1.82, 2.24) is 19.7 Å². The molecule has 0 aliphatic carbocycles. The Balaban J connectivity index is 0.000000234. The first kappa shape index (κ1) is 30.1. The van der Waals surface area contributed by atoms with Gasteiger partial charge in [-0.3, -0.25) is 4.79 Å². The van der Waals surface area contributed by atoms with E-state index in [0.717, 1.165) is 55.9 Å². The predicted molar refractivity (Wildman–Crippen MR) is 165 cm³/mol. The molecule has 1 saturated heterocycles. The predicted octanol–water partition coefficient (Wildman–Crippen LogP) is 3.71. The molecule has 220 valence electrons. The summed E-state index contributed by atoms with van der Waals surface area (Å²) in [6.07, 6.45) is 4.38. The Morgan fingerprint density at radius 3 is 2.44 bits per heavy atom. The van der Waals surface area contributed by atoms with Crippen molar-refractivity contribution in [3.63, 3.8) is 0 Å². The van der Waals surface area contributed by atoms with Crippen LogP contribution in [0.15, 0.2) is 67.0 Å². The summed E-state index contributed by atoms with van der Waals surface area (Å²) in [4.78, 5) is 35.3. The van der Waals surface area contributed by atoms with Crippen molar-refractivity contribution in [3.8, 4) is 0 Å². The highest BCUT2D eigenvalue weighted by Crippen LogP contribution is 2.31. The second kappa shape index (κ2) is 14.2. The van der Waals surface area contributed by atoms with Gasteiger partial charge in [0.1, 0.15) is 0 Å². The van der Waals surface area contributed by atoms with Crippen LogP contribution in [0.2, 0.25) is 0 Å². The topological polar surface area (TPSA) is 98.1 Å². The van der Waals surface area contributed by atoms with E-state index in [2.05, 4.69) is 65.8 Å². The second-order valence-electron chi connectivity index (χ2n) is 11.1. The molecule has 0 spiro atoms. The molecule has 2 aliphatic heterocycles. The van der Waals surface area contributed by atoms with Crippen molar-refractivity contribution in [2.75, 3.05) is 72.0 Å². The number of urea groups is 1. The zero-order valence-corrected chi connectivity index (χ0v) is 24.6. The smallest absolute Gasteiger partial charge is 0.314 e. The van der Waals surface area contributed by atoms with Gasteiger partial charge in [-0.2, -0.15) is 0 Å². The molecule has 3 heterocycles. The lowest BCUT2D eigenvalue weighted by Gasteiger charge is -2.36. The number of carbonyl (C=O) groups excluding carboxylic acids is 2. The van der Waals surface area contributed by atoms with Crippen LogP contribution in [0.3, 0.4) is 0 Å². The molecule has 1 fully saturated rings. The maximum atomic E-state index is 13.1. The van der Waals surface area contributed by atoms with Gasteiger partial charge in [0.05, 0.1) is 6.61 Å². The maximum absolute atomic E-state index is 13.1. The summed E-state index contributed by atoms with van der Waals surface area (Å²) >= 11 is 0. The number of aromatic amines is 1. The third-order valence-corrected chi connectivity index (χ3v) is 7.79. The monoisotopic (exact) mass is 560 g/mol. The Morgan fingerprint density at radius 2 is 1.73 bits per heavy atom. The molecule has 0 radical (unpaired) electrons. The highest BCUT2D eigenvalue weighted by Gasteiger charge is 2.28. The molecule has 9 heteroatoms. The van der Waals surface area contributed by atoms with Crippen molar-refractivity contribution in [1.29, 1.82) is 0 Å². The van der Waals surface area contributed by atoms with E-state index in [4.69, 9.17) is 10.5 Å². The number of H-pyrrole nitrogens is 1. The zero-order chi connectivity index (χ0) is 29.4. The van der Waals surface area contributed by atoms with Crippen LogP contribution >= 0.6 is 0 Å². The number of fused-ring (bicyclic) bond motifs is 2. The number of primary amides is 1. The van der Waals surface area contributed by atoms with Gasteiger partial charge >= 0.3 is 6.03 Å². The van der Waals surface area contributed by atoms with Gasteiger partial charge in [0, 0.05) is 81.3 Å². The molecule has 41 heavy (non-hydrogen) atoms. The maximum Gasteiger partial charge on any atom is 0.314 e. The molecule has 1 atom stereocenters. The molecule has 3 aromatic rings. The third-order valence-electron chi connectivity index (χ3n) is 7.79. The summed E-state index contributed by atoms with van der Waals surface area (Å²) in [6, 6.07) is 16.3. The second-order valence-corrected chi connectivity index (χ2v) is 11.1. The van der Waals surface area contributed by atoms with Crippen molar-refractivity contribution >= 4 is 28.5 Å². The van der Waals surface area contributed by atoms with Gasteiger partial charge in [0.15, 0.2) is 0 Å². The molecule has 9 nitrogen and oxygen atoms in total. The van der Waals surface area contributed by atoms with Crippen molar-refractivity contribution in [2.45, 2.75) is 19.3 Å². The molecule has 0 saturated carbocycles. The number of nitrogens with zero attached hydrogens (tertiary/aromatic N) is 4. The molecule has 3 N–H and O–H groups in total. The van der Waals surface area contributed by atoms with Crippen LogP contribution in [-0.4, -0.2) is 98.7 Å². The van der Waals surface area contributed by atoms with Crippen LogP contribution < -0.4 is 10.6 Å². The lowest BCUT2D eigenvalue weighted by molar-refractivity contribution is -0.118. The number of ether oxygens (including phenoxy) is 1. The number of rotatable bonds is 8. The first-order valence-electron chi connectivity index (χ1n) is 14.3. The van der Waals surface area contributed by atoms with E-state index in [1.807, 2.05) is 29.3 Å². The summed E-state index contributed by atoms with van der Waals surface area (Å²) in [5.74, 6) is 0.697. The zero-order valence-electron chi connectivity index (χ0n) is 24.6. The standard InChI is InChI=1S/C23H27N3O.C9H17N3O2/c1-25(2)15-17-13-18-7-3-6-10-22(18)26(16-17)23(27)12-11-19-14-24-21-9-5-4-8-20(19)21;1-8(7-14-2)11-3-5-12(6-4-11)9(10)13/h3-10,14,17,24H,11-13,15-16H2,1-2H3;1,3-7H2,2H3,(H2,10,13). The number of aromatic nitrogens is 1. The Labute approximate surface area is 243 Å². The number of anilines is 1. The fraction of sp³-hybridized carbons (Fsp3) is 0.438.